The van der Waals surface area contributed by atoms with Crippen LogP contribution in [0.25, 0.3) is 67.8 Å². The van der Waals surface area contributed by atoms with Gasteiger partial charge in [-0.25, -0.2) is 19.9 Å². The molecule has 12 rings (SSSR count). The highest BCUT2D eigenvalue weighted by Gasteiger charge is 2.41. The molecule has 0 N–H and O–H groups in total. The Bertz CT molecular complexity index is 2590. The Morgan fingerprint density at radius 1 is 0.232 bits per heavy atom. The lowest BCUT2D eigenvalue weighted by molar-refractivity contribution is 0.754. The van der Waals surface area contributed by atoms with Crippen molar-refractivity contribution in [2.75, 3.05) is 0 Å². The van der Waals surface area contributed by atoms with Gasteiger partial charge in [0.25, 0.3) is 0 Å². The first-order valence-corrected chi connectivity index (χ1v) is 19.1. The summed E-state index contributed by atoms with van der Waals surface area (Å²) in [6, 6.07) is 68.4. The molecule has 0 radical (unpaired) electrons. The number of hydrogen-bond acceptors (Lipinski definition) is 4. The van der Waals surface area contributed by atoms with Crippen LogP contribution < -0.4 is 0 Å². The third-order valence-electron chi connectivity index (χ3n) is 11.3. The minimum Gasteiger partial charge on any atom is -0.228 e. The van der Waals surface area contributed by atoms with Crippen LogP contribution in [0.3, 0.4) is 0 Å². The zero-order chi connectivity index (χ0) is 37.0. The molecule has 0 saturated carbocycles. The van der Waals surface area contributed by atoms with Gasteiger partial charge in [-0.2, -0.15) is 0 Å². The van der Waals surface area contributed by atoms with Gasteiger partial charge in [-0.1, -0.05) is 170 Å². The van der Waals surface area contributed by atoms with Crippen molar-refractivity contribution < 1.29 is 0 Å². The maximum Gasteiger partial charge on any atom is 0.160 e. The second-order valence-electron chi connectivity index (χ2n) is 14.6. The topological polar surface area (TPSA) is 51.6 Å². The molecule has 7 aromatic carbocycles. The predicted octanol–water partition coefficient (Wildman–Crippen LogP) is 12.3. The Hall–Kier alpha value is -7.30. The van der Waals surface area contributed by atoms with Crippen LogP contribution >= 0.6 is 0 Å². The van der Waals surface area contributed by atoms with Gasteiger partial charge in [0.15, 0.2) is 11.6 Å². The summed E-state index contributed by atoms with van der Waals surface area (Å²) in [5.41, 5.74) is 17.9. The quantitative estimate of drug-likeness (QED) is 0.172. The molecule has 2 bridgehead atoms. The van der Waals surface area contributed by atoms with Crippen LogP contribution in [0.1, 0.15) is 45.2 Å². The number of nitrogens with zero attached hydrogens (tertiary/aromatic N) is 4. The molecule has 2 aromatic heterocycles. The van der Waals surface area contributed by atoms with E-state index in [2.05, 4.69) is 170 Å². The Morgan fingerprint density at radius 3 is 0.839 bits per heavy atom. The highest BCUT2D eigenvalue weighted by Crippen LogP contribution is 2.56. The summed E-state index contributed by atoms with van der Waals surface area (Å²) < 4.78 is 0. The predicted molar refractivity (Wildman–Crippen MR) is 225 cm³/mol. The second-order valence-corrected chi connectivity index (χ2v) is 14.6. The van der Waals surface area contributed by atoms with Crippen molar-refractivity contribution in [1.29, 1.82) is 0 Å². The summed E-state index contributed by atoms with van der Waals surface area (Å²) in [5, 5.41) is 0. The molecular weight excluding hydrogens is 681 g/mol. The molecule has 4 heteroatoms. The van der Waals surface area contributed by atoms with Crippen LogP contribution in [0.2, 0.25) is 0 Å². The van der Waals surface area contributed by atoms with E-state index in [0.29, 0.717) is 0 Å². The molecule has 0 amide bonds. The minimum atomic E-state index is 0.0811. The molecule has 262 valence electrons. The van der Waals surface area contributed by atoms with Gasteiger partial charge in [0.05, 0.1) is 22.8 Å². The van der Waals surface area contributed by atoms with Crippen molar-refractivity contribution in [1.82, 2.24) is 19.9 Å². The molecule has 2 unspecified atom stereocenters. The van der Waals surface area contributed by atoms with Crippen LogP contribution in [0.4, 0.5) is 0 Å². The first kappa shape index (κ1) is 32.2. The smallest absolute Gasteiger partial charge is 0.160 e. The standard InChI is InChI=1S/C52H34N4/c1-5-15-33(16-6-1)45-31-46(34-17-7-2-8-18-34)54-51(53-45)37-25-27-41-43(29-37)49-39-23-13-14-24-40(39)50(41)44-30-38(26-28-42(44)49)52-55-47(35-19-9-3-10-20-35)32-48(56-52)36-21-11-4-12-22-36/h1-32,49-50H. The number of hydrogen-bond donors (Lipinski definition) is 0. The lowest BCUT2D eigenvalue weighted by Gasteiger charge is -2.42. The average Bonchev–Trinajstić information content (AvgIpc) is 3.29. The molecule has 4 nitrogen and oxygen atoms in total. The Balaban J connectivity index is 1.05. The van der Waals surface area contributed by atoms with Gasteiger partial charge in [-0.05, 0) is 57.6 Å². The summed E-state index contributed by atoms with van der Waals surface area (Å²) in [6.07, 6.45) is 0. The average molecular weight is 715 g/mol. The van der Waals surface area contributed by atoms with Crippen molar-refractivity contribution in [3.05, 3.63) is 228 Å². The lowest BCUT2D eigenvalue weighted by Crippen LogP contribution is -2.27. The van der Waals surface area contributed by atoms with Crippen LogP contribution in [0.15, 0.2) is 194 Å². The fourth-order valence-corrected chi connectivity index (χ4v) is 8.68. The van der Waals surface area contributed by atoms with Crippen molar-refractivity contribution in [2.24, 2.45) is 0 Å². The van der Waals surface area contributed by atoms with E-state index in [9.17, 15) is 0 Å². The molecule has 3 aliphatic rings. The first-order chi connectivity index (χ1) is 27.7. The molecule has 0 saturated heterocycles. The SMILES string of the molecule is c1ccc(-c2cc(-c3ccccc3)nc(-c3ccc4c(c3)C3c5ccccc5C4c4cc(-c5nc(-c6ccccc6)cc(-c6ccccc6)n5)ccc43)n2)cc1. The van der Waals surface area contributed by atoms with E-state index >= 15 is 0 Å². The molecule has 56 heavy (non-hydrogen) atoms. The third-order valence-corrected chi connectivity index (χ3v) is 11.3. The maximum atomic E-state index is 5.18. The molecular formula is C52H34N4. The monoisotopic (exact) mass is 714 g/mol. The zero-order valence-electron chi connectivity index (χ0n) is 30.4. The number of aromatic nitrogens is 4. The number of benzene rings is 7. The summed E-state index contributed by atoms with van der Waals surface area (Å²) in [5.74, 6) is 1.61. The fraction of sp³-hybridized carbons (Fsp3) is 0.0385. The van der Waals surface area contributed by atoms with Gasteiger partial charge in [0.2, 0.25) is 0 Å². The summed E-state index contributed by atoms with van der Waals surface area (Å²) in [6.45, 7) is 0. The van der Waals surface area contributed by atoms with E-state index in [1.54, 1.807) is 0 Å². The van der Waals surface area contributed by atoms with Crippen LogP contribution in [-0.4, -0.2) is 19.9 Å². The van der Waals surface area contributed by atoms with Gasteiger partial charge in [-0.3, -0.25) is 0 Å². The summed E-state index contributed by atoms with van der Waals surface area (Å²) in [4.78, 5) is 20.7. The normalized spacial score (nSPS) is 14.8. The molecule has 2 atom stereocenters. The first-order valence-electron chi connectivity index (χ1n) is 19.1. The van der Waals surface area contributed by atoms with E-state index in [-0.39, 0.29) is 11.8 Å². The largest absolute Gasteiger partial charge is 0.228 e. The Labute approximate surface area is 325 Å². The minimum absolute atomic E-state index is 0.0811. The van der Waals surface area contributed by atoms with Crippen LogP contribution in [-0.2, 0) is 0 Å². The van der Waals surface area contributed by atoms with E-state index in [1.165, 1.54) is 33.4 Å². The highest BCUT2D eigenvalue weighted by atomic mass is 14.9. The summed E-state index contributed by atoms with van der Waals surface area (Å²) in [7, 11) is 0. The van der Waals surface area contributed by atoms with Crippen molar-refractivity contribution >= 4 is 0 Å². The zero-order valence-corrected chi connectivity index (χ0v) is 30.4. The van der Waals surface area contributed by atoms with Gasteiger partial charge >= 0.3 is 0 Å². The van der Waals surface area contributed by atoms with Crippen LogP contribution in [0.5, 0.6) is 0 Å². The third kappa shape index (κ3) is 5.46. The van der Waals surface area contributed by atoms with Crippen LogP contribution in [0, 0.1) is 0 Å². The summed E-state index contributed by atoms with van der Waals surface area (Å²) >= 11 is 0. The van der Waals surface area contributed by atoms with E-state index in [4.69, 9.17) is 19.9 Å². The maximum absolute atomic E-state index is 5.18. The fourth-order valence-electron chi connectivity index (χ4n) is 8.68. The van der Waals surface area contributed by atoms with Crippen molar-refractivity contribution in [3.63, 3.8) is 0 Å². The lowest BCUT2D eigenvalue weighted by atomic mass is 9.61. The molecule has 9 aromatic rings. The van der Waals surface area contributed by atoms with E-state index < -0.39 is 0 Å². The Kier molecular flexibility index (Phi) is 7.59. The van der Waals surface area contributed by atoms with Gasteiger partial charge in [-0.15, -0.1) is 0 Å². The van der Waals surface area contributed by atoms with Crippen molar-refractivity contribution in [2.45, 2.75) is 11.8 Å². The van der Waals surface area contributed by atoms with E-state index in [1.807, 2.05) is 24.3 Å². The molecule has 0 spiro atoms. The van der Waals surface area contributed by atoms with E-state index in [0.717, 1.165) is 67.8 Å². The Morgan fingerprint density at radius 2 is 0.518 bits per heavy atom. The van der Waals surface area contributed by atoms with Gasteiger partial charge in [0.1, 0.15) is 0 Å². The molecule has 0 fully saturated rings. The highest BCUT2D eigenvalue weighted by molar-refractivity contribution is 5.77. The van der Waals surface area contributed by atoms with Gasteiger partial charge in [0, 0.05) is 45.2 Å². The second kappa shape index (κ2) is 13.2. The molecule has 3 aliphatic carbocycles. The number of rotatable bonds is 6. The molecule has 2 heterocycles. The molecule has 0 aliphatic heterocycles. The van der Waals surface area contributed by atoms with Crippen molar-refractivity contribution in [3.8, 4) is 67.8 Å². The van der Waals surface area contributed by atoms with Gasteiger partial charge < -0.3 is 0 Å².